The second-order valence-corrected chi connectivity index (χ2v) is 8.51. The smallest absolute Gasteiger partial charge is 0.242 e. The molecule has 1 aromatic heterocycles. The lowest BCUT2D eigenvalue weighted by Crippen LogP contribution is -2.24. The van der Waals surface area contributed by atoms with Crippen molar-refractivity contribution in [3.63, 3.8) is 0 Å². The molecule has 0 unspecified atom stereocenters. The minimum absolute atomic E-state index is 0.893. The molecule has 1 aromatic rings. The molecule has 0 atom stereocenters. The maximum absolute atomic E-state index is 5.91. The molecule has 0 radical (unpaired) electrons. The number of aromatic nitrogens is 1. The van der Waals surface area contributed by atoms with Gasteiger partial charge in [-0.25, -0.2) is 0 Å². The Kier molecular flexibility index (Phi) is 3.47. The van der Waals surface area contributed by atoms with Crippen LogP contribution >= 0.6 is 0 Å². The molecule has 3 heteroatoms. The molecular formula is C11H17NOSi. The van der Waals surface area contributed by atoms with Crippen molar-refractivity contribution < 1.29 is 4.43 Å². The maximum atomic E-state index is 5.91. The lowest BCUT2D eigenvalue weighted by Gasteiger charge is -2.21. The Bertz CT molecular complexity index is 314. The lowest BCUT2D eigenvalue weighted by atomic mass is 10.3. The molecule has 2 nitrogen and oxygen atoms in total. The molecule has 0 aliphatic heterocycles. The van der Waals surface area contributed by atoms with E-state index in [9.17, 15) is 0 Å². The summed E-state index contributed by atoms with van der Waals surface area (Å²) in [5.41, 5.74) is 0.914. The fourth-order valence-corrected chi connectivity index (χ4v) is 1.98. The van der Waals surface area contributed by atoms with E-state index in [1.165, 1.54) is 0 Å². The molecule has 0 spiro atoms. The fraction of sp³-hybridized carbons (Fsp3) is 0.364. The lowest BCUT2D eigenvalue weighted by molar-refractivity contribution is 0.510. The monoisotopic (exact) mass is 207 g/mol. The number of allylic oxidation sites excluding steroid dienone is 1. The average molecular weight is 207 g/mol. The van der Waals surface area contributed by atoms with E-state index >= 15 is 0 Å². The van der Waals surface area contributed by atoms with Crippen LogP contribution in [-0.4, -0.2) is 13.3 Å². The summed E-state index contributed by atoms with van der Waals surface area (Å²) in [7, 11) is -1.53. The van der Waals surface area contributed by atoms with E-state index in [1.807, 2.05) is 31.2 Å². The summed E-state index contributed by atoms with van der Waals surface area (Å²) in [5.74, 6) is 0.893. The predicted octanol–water partition coefficient (Wildman–Crippen LogP) is 3.29. The summed E-state index contributed by atoms with van der Waals surface area (Å²) in [6.07, 6.45) is 3.76. The number of nitrogens with zero attached hydrogens (tertiary/aromatic N) is 1. The first kappa shape index (κ1) is 11.0. The highest BCUT2D eigenvalue weighted by Crippen LogP contribution is 2.18. The van der Waals surface area contributed by atoms with Crippen molar-refractivity contribution in [3.8, 4) is 0 Å². The quantitative estimate of drug-likeness (QED) is 0.560. The Labute approximate surface area is 86.8 Å². The van der Waals surface area contributed by atoms with Crippen molar-refractivity contribution >= 4 is 14.1 Å². The Balaban J connectivity index is 2.85. The second kappa shape index (κ2) is 4.42. The standard InChI is InChI=1S/C11H17NOSi/c1-5-11(13-14(2,3)4)10-8-6-7-9-12-10/h5-9H,1-4H3/b11-5+. The highest BCUT2D eigenvalue weighted by molar-refractivity contribution is 6.70. The van der Waals surface area contributed by atoms with Crippen molar-refractivity contribution in [1.82, 2.24) is 4.98 Å². The molecule has 0 bridgehead atoms. The minimum Gasteiger partial charge on any atom is -0.543 e. The molecule has 14 heavy (non-hydrogen) atoms. The molecule has 0 saturated carbocycles. The molecule has 0 aliphatic rings. The van der Waals surface area contributed by atoms with Gasteiger partial charge < -0.3 is 4.43 Å². The van der Waals surface area contributed by atoms with Gasteiger partial charge in [0, 0.05) is 6.20 Å². The van der Waals surface area contributed by atoms with Crippen LogP contribution in [0.5, 0.6) is 0 Å². The second-order valence-electron chi connectivity index (χ2n) is 4.08. The molecule has 0 aliphatic carbocycles. The van der Waals surface area contributed by atoms with Gasteiger partial charge in [0.2, 0.25) is 8.32 Å². The molecule has 0 fully saturated rings. The van der Waals surface area contributed by atoms with E-state index in [-0.39, 0.29) is 0 Å². The number of hydrogen-bond acceptors (Lipinski definition) is 2. The van der Waals surface area contributed by atoms with Gasteiger partial charge in [0.25, 0.3) is 0 Å². The SMILES string of the molecule is C/C=C(/O[Si](C)(C)C)c1ccccn1. The summed E-state index contributed by atoms with van der Waals surface area (Å²) in [4.78, 5) is 4.26. The minimum atomic E-state index is -1.53. The van der Waals surface area contributed by atoms with Crippen LogP contribution in [0.4, 0.5) is 0 Å². The van der Waals surface area contributed by atoms with Gasteiger partial charge in [-0.2, -0.15) is 0 Å². The number of rotatable bonds is 3. The van der Waals surface area contributed by atoms with Gasteiger partial charge >= 0.3 is 0 Å². The predicted molar refractivity (Wildman–Crippen MR) is 62.3 cm³/mol. The van der Waals surface area contributed by atoms with Crippen LogP contribution in [0.15, 0.2) is 30.5 Å². The van der Waals surface area contributed by atoms with Crippen LogP contribution in [0.1, 0.15) is 12.6 Å². The Hall–Kier alpha value is -1.09. The van der Waals surface area contributed by atoms with Gasteiger partial charge in [0.1, 0.15) is 11.5 Å². The van der Waals surface area contributed by atoms with Gasteiger partial charge in [0.15, 0.2) is 0 Å². The third-order valence-electron chi connectivity index (χ3n) is 1.60. The van der Waals surface area contributed by atoms with Gasteiger partial charge in [-0.1, -0.05) is 6.07 Å². The number of pyridine rings is 1. The summed E-state index contributed by atoms with van der Waals surface area (Å²) >= 11 is 0. The maximum Gasteiger partial charge on any atom is 0.242 e. The first-order valence-electron chi connectivity index (χ1n) is 4.79. The van der Waals surface area contributed by atoms with Crippen molar-refractivity contribution in [2.24, 2.45) is 0 Å². The van der Waals surface area contributed by atoms with Gasteiger partial charge in [-0.3, -0.25) is 4.98 Å². The molecule has 0 aromatic carbocycles. The zero-order valence-electron chi connectivity index (χ0n) is 9.24. The van der Waals surface area contributed by atoms with Crippen LogP contribution in [0.25, 0.3) is 5.76 Å². The fourth-order valence-electron chi connectivity index (χ4n) is 1.10. The molecule has 76 valence electrons. The van der Waals surface area contributed by atoms with Crippen molar-refractivity contribution in [1.29, 1.82) is 0 Å². The Morgan fingerprint density at radius 3 is 2.50 bits per heavy atom. The third-order valence-corrected chi connectivity index (χ3v) is 2.43. The van der Waals surface area contributed by atoms with E-state index < -0.39 is 8.32 Å². The van der Waals surface area contributed by atoms with Crippen molar-refractivity contribution in [2.45, 2.75) is 26.6 Å². The number of hydrogen-bond donors (Lipinski definition) is 0. The highest BCUT2D eigenvalue weighted by atomic mass is 28.4. The molecule has 1 rings (SSSR count). The summed E-state index contributed by atoms with van der Waals surface area (Å²) in [6, 6.07) is 5.85. The summed E-state index contributed by atoms with van der Waals surface area (Å²) in [6.45, 7) is 8.47. The first-order chi connectivity index (χ1) is 6.53. The topological polar surface area (TPSA) is 22.1 Å². The van der Waals surface area contributed by atoms with E-state index in [2.05, 4.69) is 24.6 Å². The largest absolute Gasteiger partial charge is 0.543 e. The Morgan fingerprint density at radius 1 is 1.36 bits per heavy atom. The summed E-state index contributed by atoms with van der Waals surface area (Å²) in [5, 5.41) is 0. The third kappa shape index (κ3) is 3.34. The van der Waals surface area contributed by atoms with E-state index in [4.69, 9.17) is 4.43 Å². The average Bonchev–Trinajstić information content (AvgIpc) is 2.14. The zero-order valence-corrected chi connectivity index (χ0v) is 10.2. The van der Waals surface area contributed by atoms with E-state index in [1.54, 1.807) is 6.20 Å². The van der Waals surface area contributed by atoms with Crippen LogP contribution < -0.4 is 0 Å². The van der Waals surface area contributed by atoms with E-state index in [0.29, 0.717) is 0 Å². The molecule has 1 heterocycles. The van der Waals surface area contributed by atoms with Crippen molar-refractivity contribution in [3.05, 3.63) is 36.2 Å². The van der Waals surface area contributed by atoms with Crippen LogP contribution in [0, 0.1) is 0 Å². The van der Waals surface area contributed by atoms with Gasteiger partial charge in [-0.15, -0.1) is 0 Å². The van der Waals surface area contributed by atoms with Gasteiger partial charge in [-0.05, 0) is 44.8 Å². The van der Waals surface area contributed by atoms with Crippen LogP contribution in [-0.2, 0) is 4.43 Å². The zero-order chi connectivity index (χ0) is 10.6. The molecular weight excluding hydrogens is 190 g/mol. The molecule has 0 saturated heterocycles. The van der Waals surface area contributed by atoms with Crippen LogP contribution in [0.3, 0.4) is 0 Å². The molecule has 0 amide bonds. The summed E-state index contributed by atoms with van der Waals surface area (Å²) < 4.78 is 5.91. The van der Waals surface area contributed by atoms with E-state index in [0.717, 1.165) is 11.5 Å². The highest BCUT2D eigenvalue weighted by Gasteiger charge is 2.18. The van der Waals surface area contributed by atoms with Gasteiger partial charge in [0.05, 0.1) is 0 Å². The molecule has 0 N–H and O–H groups in total. The Morgan fingerprint density at radius 2 is 2.07 bits per heavy atom. The van der Waals surface area contributed by atoms with Crippen molar-refractivity contribution in [2.75, 3.05) is 0 Å². The normalized spacial score (nSPS) is 12.7. The van der Waals surface area contributed by atoms with Crippen LogP contribution in [0.2, 0.25) is 19.6 Å². The first-order valence-corrected chi connectivity index (χ1v) is 8.20.